The van der Waals surface area contributed by atoms with E-state index in [0.717, 1.165) is 11.1 Å². The first-order valence-electron chi connectivity index (χ1n) is 10.4. The second kappa shape index (κ2) is 12.4. The van der Waals surface area contributed by atoms with Crippen molar-refractivity contribution in [1.82, 2.24) is 5.32 Å². The minimum atomic E-state index is -1.07. The standard InChI is InChI=1S/C24H25BCl3NO4/c1-16-4-8-20(12-23(16)27)31-25(32-21-9-5-17(2)24(28)13-21)33-22(14-29-3)15-30-19-10-6-18(26)7-11-19/h4-13,22,29H,14-15H2,1-3H3. The SMILES string of the molecule is CNCC(COc1ccc(Cl)cc1)OB(Oc1ccc(C)c(Cl)c1)Oc1ccc(C)c(Cl)c1. The number of ether oxygens (including phenoxy) is 1. The molecule has 0 saturated heterocycles. The van der Waals surface area contributed by atoms with Crippen molar-refractivity contribution >= 4 is 42.1 Å². The molecule has 0 amide bonds. The summed E-state index contributed by atoms with van der Waals surface area (Å²) < 4.78 is 24.0. The van der Waals surface area contributed by atoms with Crippen molar-refractivity contribution in [1.29, 1.82) is 0 Å². The predicted octanol–water partition coefficient (Wildman–Crippen LogP) is 6.39. The first-order chi connectivity index (χ1) is 15.8. The van der Waals surface area contributed by atoms with Gasteiger partial charge < -0.3 is 24.0 Å². The van der Waals surface area contributed by atoms with Gasteiger partial charge in [0, 0.05) is 21.6 Å². The number of halogens is 3. The molecule has 0 spiro atoms. The van der Waals surface area contributed by atoms with Gasteiger partial charge in [-0.15, -0.1) is 0 Å². The maximum atomic E-state index is 6.26. The molecule has 1 atom stereocenters. The Morgan fingerprint density at radius 3 is 1.79 bits per heavy atom. The first kappa shape index (κ1) is 25.5. The molecule has 0 aliphatic carbocycles. The third kappa shape index (κ3) is 8.02. The van der Waals surface area contributed by atoms with Gasteiger partial charge in [-0.3, -0.25) is 0 Å². The molecule has 1 N–H and O–H groups in total. The predicted molar refractivity (Wildman–Crippen MR) is 135 cm³/mol. The highest BCUT2D eigenvalue weighted by atomic mass is 35.5. The van der Waals surface area contributed by atoms with Crippen molar-refractivity contribution in [3.63, 3.8) is 0 Å². The molecule has 5 nitrogen and oxygen atoms in total. The van der Waals surface area contributed by atoms with Crippen molar-refractivity contribution in [2.24, 2.45) is 0 Å². The van der Waals surface area contributed by atoms with E-state index in [0.29, 0.717) is 38.9 Å². The van der Waals surface area contributed by atoms with E-state index >= 15 is 0 Å². The van der Waals surface area contributed by atoms with Crippen LogP contribution in [0.4, 0.5) is 0 Å². The molecule has 3 rings (SSSR count). The summed E-state index contributed by atoms with van der Waals surface area (Å²) in [5.74, 6) is 1.70. The Labute approximate surface area is 210 Å². The zero-order valence-electron chi connectivity index (χ0n) is 18.6. The Kier molecular flexibility index (Phi) is 9.59. The van der Waals surface area contributed by atoms with Crippen molar-refractivity contribution in [3.8, 4) is 17.2 Å². The maximum Gasteiger partial charge on any atom is 0.788 e. The number of aryl methyl sites for hydroxylation is 2. The van der Waals surface area contributed by atoms with Crippen LogP contribution in [-0.4, -0.2) is 33.6 Å². The molecule has 0 bridgehead atoms. The smallest absolute Gasteiger partial charge is 0.501 e. The average molecular weight is 509 g/mol. The highest BCUT2D eigenvalue weighted by Crippen LogP contribution is 2.25. The summed E-state index contributed by atoms with van der Waals surface area (Å²) in [5.41, 5.74) is 1.88. The van der Waals surface area contributed by atoms with Crippen molar-refractivity contribution in [2.45, 2.75) is 20.0 Å². The Bertz CT molecular complexity index is 999. The molecule has 0 heterocycles. The zero-order chi connectivity index (χ0) is 23.8. The van der Waals surface area contributed by atoms with Crippen molar-refractivity contribution in [2.75, 3.05) is 20.2 Å². The molecule has 1 unspecified atom stereocenters. The highest BCUT2D eigenvalue weighted by Gasteiger charge is 2.32. The minimum Gasteiger partial charge on any atom is -0.501 e. The molecule has 0 radical (unpaired) electrons. The molecule has 0 aliphatic heterocycles. The summed E-state index contributed by atoms with van der Waals surface area (Å²) in [4.78, 5) is 0. The van der Waals surface area contributed by atoms with Crippen LogP contribution in [0.25, 0.3) is 0 Å². The number of rotatable bonds is 11. The Morgan fingerprint density at radius 1 is 0.788 bits per heavy atom. The van der Waals surface area contributed by atoms with Gasteiger partial charge in [0.25, 0.3) is 0 Å². The summed E-state index contributed by atoms with van der Waals surface area (Å²) >= 11 is 18.5. The number of hydrogen-bond acceptors (Lipinski definition) is 5. The van der Waals surface area contributed by atoms with Crippen LogP contribution in [0.5, 0.6) is 17.2 Å². The van der Waals surface area contributed by atoms with Crippen LogP contribution in [0.2, 0.25) is 15.1 Å². The fourth-order valence-electron chi connectivity index (χ4n) is 2.85. The van der Waals surface area contributed by atoms with Crippen molar-refractivity contribution in [3.05, 3.63) is 86.9 Å². The maximum absolute atomic E-state index is 6.26. The van der Waals surface area contributed by atoms with Gasteiger partial charge in [0.15, 0.2) is 0 Å². The van der Waals surface area contributed by atoms with Crippen LogP contribution in [-0.2, 0) is 4.65 Å². The normalized spacial score (nSPS) is 11.7. The van der Waals surface area contributed by atoms with Gasteiger partial charge in [-0.1, -0.05) is 46.9 Å². The quantitative estimate of drug-likeness (QED) is 0.304. The lowest BCUT2D eigenvalue weighted by Crippen LogP contribution is -2.43. The third-order valence-electron chi connectivity index (χ3n) is 4.74. The van der Waals surface area contributed by atoms with E-state index in [9.17, 15) is 0 Å². The number of likely N-dealkylation sites (N-methyl/N-ethyl adjacent to an activating group) is 1. The van der Waals surface area contributed by atoms with Crippen LogP contribution < -0.4 is 19.4 Å². The molecule has 0 fully saturated rings. The van der Waals surface area contributed by atoms with Gasteiger partial charge in [0.1, 0.15) is 23.9 Å². The van der Waals surface area contributed by atoms with Gasteiger partial charge in [-0.05, 0) is 80.6 Å². The van der Waals surface area contributed by atoms with E-state index in [4.69, 9.17) is 53.5 Å². The van der Waals surface area contributed by atoms with Crippen LogP contribution in [0.3, 0.4) is 0 Å². The molecule has 3 aromatic carbocycles. The summed E-state index contributed by atoms with van der Waals surface area (Å²) in [6, 6.07) is 17.9. The Balaban J connectivity index is 1.76. The van der Waals surface area contributed by atoms with Crippen LogP contribution in [0, 0.1) is 13.8 Å². The first-order valence-corrected chi connectivity index (χ1v) is 11.5. The largest absolute Gasteiger partial charge is 0.788 e. The summed E-state index contributed by atoms with van der Waals surface area (Å²) in [6.07, 6.45) is -0.391. The molecule has 0 aliphatic rings. The third-order valence-corrected chi connectivity index (χ3v) is 5.80. The summed E-state index contributed by atoms with van der Waals surface area (Å²) in [7, 11) is 0.754. The molecular formula is C24H25BCl3NO4. The van der Waals surface area contributed by atoms with Crippen LogP contribution >= 0.6 is 34.8 Å². The van der Waals surface area contributed by atoms with E-state index in [1.807, 2.05) is 33.0 Å². The Hall–Kier alpha value is -2.09. The lowest BCUT2D eigenvalue weighted by molar-refractivity contribution is 0.0852. The van der Waals surface area contributed by atoms with Gasteiger partial charge >= 0.3 is 7.32 Å². The van der Waals surface area contributed by atoms with Crippen LogP contribution in [0.15, 0.2) is 60.7 Å². The molecule has 0 aromatic heterocycles. The highest BCUT2D eigenvalue weighted by molar-refractivity contribution is 6.39. The summed E-state index contributed by atoms with van der Waals surface area (Å²) in [5, 5.41) is 4.91. The fourth-order valence-corrected chi connectivity index (χ4v) is 3.31. The number of nitrogens with one attached hydrogen (secondary N) is 1. The van der Waals surface area contributed by atoms with Gasteiger partial charge in [0.2, 0.25) is 0 Å². The molecule has 3 aromatic rings. The van der Waals surface area contributed by atoms with E-state index in [1.54, 1.807) is 48.5 Å². The van der Waals surface area contributed by atoms with E-state index in [-0.39, 0.29) is 6.61 Å². The van der Waals surface area contributed by atoms with Gasteiger partial charge in [-0.25, -0.2) is 0 Å². The second-order valence-electron chi connectivity index (χ2n) is 7.43. The molecule has 0 saturated carbocycles. The molecule has 174 valence electrons. The lowest BCUT2D eigenvalue weighted by Gasteiger charge is -2.23. The van der Waals surface area contributed by atoms with Gasteiger partial charge in [0.05, 0.1) is 6.10 Å². The average Bonchev–Trinajstić information content (AvgIpc) is 2.78. The van der Waals surface area contributed by atoms with E-state index in [2.05, 4.69) is 5.32 Å². The topological polar surface area (TPSA) is 49.0 Å². The Morgan fingerprint density at radius 2 is 1.30 bits per heavy atom. The van der Waals surface area contributed by atoms with E-state index in [1.165, 1.54) is 0 Å². The lowest BCUT2D eigenvalue weighted by atomic mass is 10.1. The fraction of sp³-hybridized carbons (Fsp3) is 0.250. The second-order valence-corrected chi connectivity index (χ2v) is 8.68. The number of benzene rings is 3. The molecular weight excluding hydrogens is 483 g/mol. The monoisotopic (exact) mass is 507 g/mol. The van der Waals surface area contributed by atoms with Gasteiger partial charge in [-0.2, -0.15) is 0 Å². The van der Waals surface area contributed by atoms with Crippen molar-refractivity contribution < 1.29 is 18.7 Å². The molecule has 33 heavy (non-hydrogen) atoms. The van der Waals surface area contributed by atoms with Crippen LogP contribution in [0.1, 0.15) is 11.1 Å². The minimum absolute atomic E-state index is 0.259. The zero-order valence-corrected chi connectivity index (χ0v) is 20.9. The van der Waals surface area contributed by atoms with E-state index < -0.39 is 13.4 Å². The number of hydrogen-bond donors (Lipinski definition) is 1. The molecule has 9 heteroatoms. The summed E-state index contributed by atoms with van der Waals surface area (Å²) in [6.45, 7) is 4.60.